The maximum Gasteiger partial charge on any atom is 0.219 e. The molecule has 0 aliphatic carbocycles. The predicted molar refractivity (Wildman–Crippen MR) is 73.2 cm³/mol. The van der Waals surface area contributed by atoms with Gasteiger partial charge in [-0.25, -0.2) is 4.98 Å². The molecule has 0 atom stereocenters. The molecule has 0 fully saturated rings. The minimum absolute atomic E-state index is 0.481. The second kappa shape index (κ2) is 5.25. The molecule has 0 bridgehead atoms. The average molecular weight is 333 g/mol. The Kier molecular flexibility index (Phi) is 3.92. The van der Waals surface area contributed by atoms with E-state index in [9.17, 15) is 0 Å². The van der Waals surface area contributed by atoms with E-state index in [2.05, 4.69) is 20.9 Å². The van der Waals surface area contributed by atoms with Crippen LogP contribution in [-0.2, 0) is 0 Å². The number of benzene rings is 1. The number of ether oxygens (including phenoxy) is 1. The third kappa shape index (κ3) is 3.12. The van der Waals surface area contributed by atoms with Crippen molar-refractivity contribution in [3.63, 3.8) is 0 Å². The molecule has 0 saturated heterocycles. The summed E-state index contributed by atoms with van der Waals surface area (Å²) in [5.41, 5.74) is 1.04. The van der Waals surface area contributed by atoms with E-state index in [1.807, 2.05) is 13.0 Å². The first kappa shape index (κ1) is 12.7. The first-order chi connectivity index (χ1) is 8.06. The van der Waals surface area contributed by atoms with Crippen LogP contribution in [0, 0.1) is 6.92 Å². The van der Waals surface area contributed by atoms with Crippen LogP contribution in [0.1, 0.15) is 5.56 Å². The molecule has 1 heterocycles. The van der Waals surface area contributed by atoms with Gasteiger partial charge in [0.15, 0.2) is 0 Å². The van der Waals surface area contributed by atoms with E-state index in [1.165, 1.54) is 0 Å². The van der Waals surface area contributed by atoms with Gasteiger partial charge >= 0.3 is 0 Å². The molecule has 0 amide bonds. The maximum atomic E-state index is 6.00. The van der Waals surface area contributed by atoms with E-state index in [0.29, 0.717) is 21.7 Å². The number of aromatic nitrogens is 1. The Morgan fingerprint density at radius 3 is 2.71 bits per heavy atom. The van der Waals surface area contributed by atoms with Crippen LogP contribution in [0.4, 0.5) is 0 Å². The lowest BCUT2D eigenvalue weighted by Crippen LogP contribution is -1.90. The molecular formula is C12H8BrCl2NO. The van der Waals surface area contributed by atoms with Gasteiger partial charge in [-0.1, -0.05) is 23.2 Å². The van der Waals surface area contributed by atoms with E-state index in [1.54, 1.807) is 24.4 Å². The predicted octanol–water partition coefficient (Wildman–Crippen LogP) is 5.25. The number of hydrogen-bond donors (Lipinski definition) is 0. The fourth-order valence-corrected chi connectivity index (χ4v) is 1.77. The first-order valence-electron chi connectivity index (χ1n) is 4.81. The molecular weight excluding hydrogens is 325 g/mol. The Morgan fingerprint density at radius 2 is 2.00 bits per heavy atom. The van der Waals surface area contributed by atoms with Crippen molar-refractivity contribution in [2.24, 2.45) is 0 Å². The third-order valence-corrected chi connectivity index (χ3v) is 3.51. The van der Waals surface area contributed by atoms with Crippen LogP contribution >= 0.6 is 39.1 Å². The summed E-state index contributed by atoms with van der Waals surface area (Å²) in [6, 6.07) is 6.87. The van der Waals surface area contributed by atoms with Gasteiger partial charge in [-0.05, 0) is 40.5 Å². The summed E-state index contributed by atoms with van der Waals surface area (Å²) in [6.45, 7) is 1.96. The number of halogens is 3. The molecule has 1 aromatic heterocycles. The second-order valence-electron chi connectivity index (χ2n) is 3.45. The fraction of sp³-hybridized carbons (Fsp3) is 0.0833. The van der Waals surface area contributed by atoms with Gasteiger partial charge in [-0.2, -0.15) is 0 Å². The Balaban J connectivity index is 2.31. The molecule has 2 rings (SSSR count). The quantitative estimate of drug-likeness (QED) is 0.749. The van der Waals surface area contributed by atoms with Crippen molar-refractivity contribution in [3.05, 3.63) is 50.5 Å². The Morgan fingerprint density at radius 1 is 1.24 bits per heavy atom. The van der Waals surface area contributed by atoms with E-state index < -0.39 is 0 Å². The monoisotopic (exact) mass is 331 g/mol. The molecule has 0 unspecified atom stereocenters. The zero-order valence-electron chi connectivity index (χ0n) is 8.88. The lowest BCUT2D eigenvalue weighted by molar-refractivity contribution is 0.462. The fourth-order valence-electron chi connectivity index (χ4n) is 1.24. The summed E-state index contributed by atoms with van der Waals surface area (Å²) in [7, 11) is 0. The van der Waals surface area contributed by atoms with Gasteiger partial charge in [-0.15, -0.1) is 0 Å². The van der Waals surface area contributed by atoms with Crippen molar-refractivity contribution < 1.29 is 4.74 Å². The van der Waals surface area contributed by atoms with E-state index in [0.717, 1.165) is 10.0 Å². The van der Waals surface area contributed by atoms with Gasteiger partial charge in [0.25, 0.3) is 0 Å². The van der Waals surface area contributed by atoms with Crippen LogP contribution < -0.4 is 4.74 Å². The van der Waals surface area contributed by atoms with Crippen molar-refractivity contribution >= 4 is 39.1 Å². The molecule has 0 N–H and O–H groups in total. The van der Waals surface area contributed by atoms with Crippen molar-refractivity contribution in [2.45, 2.75) is 6.92 Å². The van der Waals surface area contributed by atoms with Crippen LogP contribution in [0.3, 0.4) is 0 Å². The Bertz CT molecular complexity index is 560. The lowest BCUT2D eigenvalue weighted by atomic mass is 10.3. The zero-order chi connectivity index (χ0) is 12.4. The summed E-state index contributed by atoms with van der Waals surface area (Å²) in [5, 5.41) is 1.06. The van der Waals surface area contributed by atoms with Gasteiger partial charge in [0.2, 0.25) is 5.88 Å². The van der Waals surface area contributed by atoms with Crippen LogP contribution in [0.25, 0.3) is 0 Å². The summed E-state index contributed by atoms with van der Waals surface area (Å²) < 4.78 is 6.51. The van der Waals surface area contributed by atoms with Gasteiger partial charge < -0.3 is 4.74 Å². The number of rotatable bonds is 2. The SMILES string of the molecule is Cc1cc(Oc2cc(Cl)ccc2Cl)ncc1Br. The van der Waals surface area contributed by atoms with Crippen LogP contribution in [-0.4, -0.2) is 4.98 Å². The topological polar surface area (TPSA) is 22.1 Å². The summed E-state index contributed by atoms with van der Waals surface area (Å²) in [6.07, 6.45) is 1.68. The third-order valence-electron chi connectivity index (χ3n) is 2.13. The Labute approximate surface area is 118 Å². The highest BCUT2D eigenvalue weighted by molar-refractivity contribution is 9.10. The van der Waals surface area contributed by atoms with Crippen LogP contribution in [0.5, 0.6) is 11.6 Å². The highest BCUT2D eigenvalue weighted by Gasteiger charge is 2.06. The molecule has 0 aliphatic heterocycles. The van der Waals surface area contributed by atoms with E-state index >= 15 is 0 Å². The molecule has 1 aromatic carbocycles. The summed E-state index contributed by atoms with van der Waals surface area (Å²) >= 11 is 15.2. The maximum absolute atomic E-state index is 6.00. The molecule has 2 aromatic rings. The average Bonchev–Trinajstić information content (AvgIpc) is 2.29. The molecule has 0 aliphatic rings. The molecule has 0 spiro atoms. The standard InChI is InChI=1S/C12H8BrCl2NO/c1-7-4-12(16-6-9(7)13)17-11-5-8(14)2-3-10(11)15/h2-6H,1H3. The van der Waals surface area contributed by atoms with Gasteiger partial charge in [0.05, 0.1) is 5.02 Å². The minimum atomic E-state index is 0.481. The van der Waals surface area contributed by atoms with Gasteiger partial charge in [-0.3, -0.25) is 0 Å². The van der Waals surface area contributed by atoms with Crippen LogP contribution in [0.15, 0.2) is 34.9 Å². The first-order valence-corrected chi connectivity index (χ1v) is 6.36. The zero-order valence-corrected chi connectivity index (χ0v) is 12.0. The van der Waals surface area contributed by atoms with Crippen LogP contribution in [0.2, 0.25) is 10.0 Å². The largest absolute Gasteiger partial charge is 0.437 e. The van der Waals surface area contributed by atoms with Crippen molar-refractivity contribution in [2.75, 3.05) is 0 Å². The molecule has 0 radical (unpaired) electrons. The minimum Gasteiger partial charge on any atom is -0.437 e. The number of hydrogen-bond acceptors (Lipinski definition) is 2. The molecule has 5 heteroatoms. The van der Waals surface area contributed by atoms with E-state index in [-0.39, 0.29) is 0 Å². The van der Waals surface area contributed by atoms with E-state index in [4.69, 9.17) is 27.9 Å². The summed E-state index contributed by atoms with van der Waals surface area (Å²) in [5.74, 6) is 0.975. The van der Waals surface area contributed by atoms with Crippen molar-refractivity contribution in [1.29, 1.82) is 0 Å². The molecule has 17 heavy (non-hydrogen) atoms. The van der Waals surface area contributed by atoms with Crippen molar-refractivity contribution in [1.82, 2.24) is 4.98 Å². The second-order valence-corrected chi connectivity index (χ2v) is 5.15. The molecule has 0 saturated carbocycles. The molecule has 88 valence electrons. The summed E-state index contributed by atoms with van der Waals surface area (Å²) in [4.78, 5) is 4.13. The highest BCUT2D eigenvalue weighted by Crippen LogP contribution is 2.31. The van der Waals surface area contributed by atoms with Crippen molar-refractivity contribution in [3.8, 4) is 11.6 Å². The Hall–Kier alpha value is -0.770. The smallest absolute Gasteiger partial charge is 0.219 e. The highest BCUT2D eigenvalue weighted by atomic mass is 79.9. The lowest BCUT2D eigenvalue weighted by Gasteiger charge is -2.08. The normalized spacial score (nSPS) is 10.4. The number of pyridine rings is 1. The van der Waals surface area contributed by atoms with Gasteiger partial charge in [0, 0.05) is 27.8 Å². The van der Waals surface area contributed by atoms with Gasteiger partial charge in [0.1, 0.15) is 5.75 Å². The number of aryl methyl sites for hydroxylation is 1. The number of nitrogens with zero attached hydrogens (tertiary/aromatic N) is 1. The molecule has 2 nitrogen and oxygen atoms in total.